The van der Waals surface area contributed by atoms with Gasteiger partial charge in [0.25, 0.3) is 5.91 Å². The number of thiophene rings is 1. The summed E-state index contributed by atoms with van der Waals surface area (Å²) in [5.74, 6) is 0.609. The Morgan fingerprint density at radius 2 is 1.79 bits per heavy atom. The molecule has 0 aliphatic heterocycles. The first kappa shape index (κ1) is 21.0. The van der Waals surface area contributed by atoms with Gasteiger partial charge in [-0.05, 0) is 41.8 Å². The second-order valence-electron chi connectivity index (χ2n) is 6.13. The van der Waals surface area contributed by atoms with Crippen molar-refractivity contribution in [1.82, 2.24) is 4.31 Å². The van der Waals surface area contributed by atoms with Gasteiger partial charge in [-0.15, -0.1) is 0 Å². The standard InChI is InChI=1S/C21H22N2O4S2/c1-3-23(4-2)29(25,26)18-10-11-20(27-17-8-6-5-7-9-17)19(14-18)22-21(24)16-12-13-28-15-16/h5-15H,3-4H2,1-2H3,(H,22,24). The predicted octanol–water partition coefficient (Wildman–Crippen LogP) is 4.82. The van der Waals surface area contributed by atoms with Crippen LogP contribution in [-0.2, 0) is 10.0 Å². The highest BCUT2D eigenvalue weighted by Crippen LogP contribution is 2.33. The number of anilines is 1. The molecule has 1 aromatic heterocycles. The number of ether oxygens (including phenoxy) is 1. The van der Waals surface area contributed by atoms with E-state index in [2.05, 4.69) is 5.32 Å². The number of carbonyl (C=O) groups excluding carboxylic acids is 1. The Bertz CT molecular complexity index is 1060. The highest BCUT2D eigenvalue weighted by molar-refractivity contribution is 7.89. The maximum Gasteiger partial charge on any atom is 0.256 e. The largest absolute Gasteiger partial charge is 0.455 e. The third-order valence-corrected chi connectivity index (χ3v) is 7.03. The number of carbonyl (C=O) groups is 1. The zero-order chi connectivity index (χ0) is 20.9. The van der Waals surface area contributed by atoms with Crippen molar-refractivity contribution in [3.05, 3.63) is 70.9 Å². The van der Waals surface area contributed by atoms with Crippen molar-refractivity contribution in [2.75, 3.05) is 18.4 Å². The van der Waals surface area contributed by atoms with Crippen molar-refractivity contribution in [2.24, 2.45) is 0 Å². The first-order valence-corrected chi connectivity index (χ1v) is 11.5. The van der Waals surface area contributed by atoms with Crippen LogP contribution in [0.1, 0.15) is 24.2 Å². The third kappa shape index (κ3) is 4.84. The van der Waals surface area contributed by atoms with Gasteiger partial charge in [0, 0.05) is 18.5 Å². The lowest BCUT2D eigenvalue weighted by Gasteiger charge is -2.20. The van der Waals surface area contributed by atoms with E-state index in [1.807, 2.05) is 18.2 Å². The van der Waals surface area contributed by atoms with Crippen LogP contribution in [0.4, 0.5) is 5.69 Å². The van der Waals surface area contributed by atoms with Crippen LogP contribution in [0.2, 0.25) is 0 Å². The zero-order valence-corrected chi connectivity index (χ0v) is 17.8. The molecule has 0 radical (unpaired) electrons. The molecule has 29 heavy (non-hydrogen) atoms. The number of sulfonamides is 1. The van der Waals surface area contributed by atoms with Gasteiger partial charge in [0.1, 0.15) is 5.75 Å². The van der Waals surface area contributed by atoms with Crippen LogP contribution in [0.15, 0.2) is 70.3 Å². The number of benzene rings is 2. The van der Waals surface area contributed by atoms with E-state index in [0.717, 1.165) is 0 Å². The van der Waals surface area contributed by atoms with E-state index in [-0.39, 0.29) is 10.8 Å². The van der Waals surface area contributed by atoms with Crippen molar-refractivity contribution >= 4 is 33.0 Å². The Labute approximate surface area is 174 Å². The number of hydrogen-bond donors (Lipinski definition) is 1. The van der Waals surface area contributed by atoms with Gasteiger partial charge < -0.3 is 10.1 Å². The van der Waals surface area contributed by atoms with Crippen LogP contribution in [0.5, 0.6) is 11.5 Å². The van der Waals surface area contributed by atoms with Crippen LogP contribution in [0.25, 0.3) is 0 Å². The molecule has 0 saturated carbocycles. The summed E-state index contributed by atoms with van der Waals surface area (Å²) in [6.45, 7) is 4.29. The normalized spacial score (nSPS) is 11.4. The smallest absolute Gasteiger partial charge is 0.256 e. The Balaban J connectivity index is 2.00. The molecule has 0 fully saturated rings. The fourth-order valence-corrected chi connectivity index (χ4v) is 4.89. The molecule has 8 heteroatoms. The Morgan fingerprint density at radius 3 is 2.41 bits per heavy atom. The zero-order valence-electron chi connectivity index (χ0n) is 16.2. The summed E-state index contributed by atoms with van der Waals surface area (Å²) >= 11 is 1.41. The molecule has 6 nitrogen and oxygen atoms in total. The third-order valence-electron chi connectivity index (χ3n) is 4.30. The molecule has 1 heterocycles. The summed E-state index contributed by atoms with van der Waals surface area (Å²) in [5, 5.41) is 6.31. The molecule has 0 aliphatic carbocycles. The fraction of sp³-hybridized carbons (Fsp3) is 0.190. The first-order chi connectivity index (χ1) is 14.0. The molecule has 0 aliphatic rings. The highest BCUT2D eigenvalue weighted by Gasteiger charge is 2.23. The van der Waals surface area contributed by atoms with Crippen LogP contribution in [0, 0.1) is 0 Å². The number of nitrogens with one attached hydrogen (secondary N) is 1. The molecular weight excluding hydrogens is 408 g/mol. The Kier molecular flexibility index (Phi) is 6.68. The van der Waals surface area contributed by atoms with Gasteiger partial charge in [-0.2, -0.15) is 15.6 Å². The van der Waals surface area contributed by atoms with Gasteiger partial charge in [0.05, 0.1) is 16.1 Å². The predicted molar refractivity (Wildman–Crippen MR) is 115 cm³/mol. The molecule has 0 saturated heterocycles. The quantitative estimate of drug-likeness (QED) is 0.556. The lowest BCUT2D eigenvalue weighted by Crippen LogP contribution is -2.30. The van der Waals surface area contributed by atoms with Gasteiger partial charge in [-0.1, -0.05) is 32.0 Å². The summed E-state index contributed by atoms with van der Waals surface area (Å²) in [6, 6.07) is 15.3. The summed E-state index contributed by atoms with van der Waals surface area (Å²) in [7, 11) is -3.67. The minimum Gasteiger partial charge on any atom is -0.455 e. The number of para-hydroxylation sites is 1. The van der Waals surface area contributed by atoms with E-state index in [1.165, 1.54) is 27.8 Å². The molecule has 152 valence electrons. The summed E-state index contributed by atoms with van der Waals surface area (Å²) in [5.41, 5.74) is 0.788. The lowest BCUT2D eigenvalue weighted by molar-refractivity contribution is 0.102. The lowest BCUT2D eigenvalue weighted by atomic mass is 10.2. The molecule has 0 bridgehead atoms. The van der Waals surface area contributed by atoms with Gasteiger partial charge >= 0.3 is 0 Å². The molecule has 3 aromatic rings. The molecule has 0 unspecified atom stereocenters. The molecule has 1 N–H and O–H groups in total. The number of rotatable bonds is 8. The molecule has 1 amide bonds. The van der Waals surface area contributed by atoms with Crippen molar-refractivity contribution in [1.29, 1.82) is 0 Å². The number of hydrogen-bond acceptors (Lipinski definition) is 5. The molecule has 0 atom stereocenters. The highest BCUT2D eigenvalue weighted by atomic mass is 32.2. The Morgan fingerprint density at radius 1 is 1.07 bits per heavy atom. The van der Waals surface area contributed by atoms with Gasteiger partial charge in [-0.25, -0.2) is 8.42 Å². The van der Waals surface area contributed by atoms with Crippen molar-refractivity contribution in [3.63, 3.8) is 0 Å². The van der Waals surface area contributed by atoms with E-state index in [9.17, 15) is 13.2 Å². The van der Waals surface area contributed by atoms with Crippen molar-refractivity contribution < 1.29 is 17.9 Å². The molecule has 2 aromatic carbocycles. The fourth-order valence-electron chi connectivity index (χ4n) is 2.77. The van der Waals surface area contributed by atoms with Crippen LogP contribution < -0.4 is 10.1 Å². The van der Waals surface area contributed by atoms with Crippen LogP contribution in [-0.4, -0.2) is 31.7 Å². The number of amides is 1. The van der Waals surface area contributed by atoms with E-state index in [0.29, 0.717) is 35.8 Å². The average Bonchev–Trinajstić information content (AvgIpc) is 3.26. The van der Waals surface area contributed by atoms with Gasteiger partial charge in [0.2, 0.25) is 10.0 Å². The summed E-state index contributed by atoms with van der Waals surface area (Å²) in [4.78, 5) is 12.7. The average molecular weight is 431 g/mol. The minimum absolute atomic E-state index is 0.0993. The second kappa shape index (κ2) is 9.21. The Hall–Kier alpha value is -2.68. The van der Waals surface area contributed by atoms with E-state index >= 15 is 0 Å². The monoisotopic (exact) mass is 430 g/mol. The first-order valence-electron chi connectivity index (χ1n) is 9.16. The van der Waals surface area contributed by atoms with Gasteiger partial charge in [0.15, 0.2) is 5.75 Å². The second-order valence-corrected chi connectivity index (χ2v) is 8.85. The molecule has 0 spiro atoms. The van der Waals surface area contributed by atoms with Crippen LogP contribution in [0.3, 0.4) is 0 Å². The minimum atomic E-state index is -3.67. The topological polar surface area (TPSA) is 75.7 Å². The van der Waals surface area contributed by atoms with E-state index < -0.39 is 10.0 Å². The number of nitrogens with zero attached hydrogens (tertiary/aromatic N) is 1. The van der Waals surface area contributed by atoms with E-state index in [4.69, 9.17) is 4.74 Å². The summed E-state index contributed by atoms with van der Waals surface area (Å²) < 4.78 is 33.1. The molecular formula is C21H22N2O4S2. The SMILES string of the molecule is CCN(CC)S(=O)(=O)c1ccc(Oc2ccccc2)c(NC(=O)c2ccsc2)c1. The van der Waals surface area contributed by atoms with Crippen molar-refractivity contribution in [2.45, 2.75) is 18.7 Å². The molecule has 3 rings (SSSR count). The van der Waals surface area contributed by atoms with Crippen molar-refractivity contribution in [3.8, 4) is 11.5 Å². The van der Waals surface area contributed by atoms with Crippen LogP contribution >= 0.6 is 11.3 Å². The maximum absolute atomic E-state index is 12.9. The van der Waals surface area contributed by atoms with Gasteiger partial charge in [-0.3, -0.25) is 4.79 Å². The maximum atomic E-state index is 12.9. The van der Waals surface area contributed by atoms with E-state index in [1.54, 1.807) is 48.9 Å². The summed E-state index contributed by atoms with van der Waals surface area (Å²) in [6.07, 6.45) is 0.